The van der Waals surface area contributed by atoms with E-state index in [4.69, 9.17) is 11.6 Å². The van der Waals surface area contributed by atoms with E-state index in [-0.39, 0.29) is 44.4 Å². The molecule has 3 aromatic rings. The van der Waals surface area contributed by atoms with Gasteiger partial charge in [-0.3, -0.25) is 24.7 Å². The third-order valence-electron chi connectivity index (χ3n) is 7.50. The summed E-state index contributed by atoms with van der Waals surface area (Å²) in [7, 11) is -1.07. The Balaban J connectivity index is 1.36. The number of nitro benzene ring substituents is 1. The summed E-state index contributed by atoms with van der Waals surface area (Å²) >= 11 is 6.27. The minimum Gasteiger partial charge on any atom is -0.355 e. The number of nitro groups is 1. The second-order valence-corrected chi connectivity index (χ2v) is 13.0. The van der Waals surface area contributed by atoms with Gasteiger partial charge in [0.2, 0.25) is 15.9 Å². The molecule has 14 heteroatoms. The number of nitrogens with zero attached hydrogens (tertiary/aromatic N) is 5. The van der Waals surface area contributed by atoms with Gasteiger partial charge in [0.1, 0.15) is 0 Å². The fourth-order valence-corrected chi connectivity index (χ4v) is 6.50. The summed E-state index contributed by atoms with van der Waals surface area (Å²) in [6.45, 7) is 3.05. The molecule has 3 aromatic carbocycles. The van der Waals surface area contributed by atoms with Crippen LogP contribution in [0.3, 0.4) is 0 Å². The molecule has 12 nitrogen and oxygen atoms in total. The molecular formula is C30H35ClN6O6S. The molecule has 1 aliphatic heterocycles. The Morgan fingerprint density at radius 3 is 2.30 bits per heavy atom. The zero-order valence-corrected chi connectivity index (χ0v) is 26.3. The van der Waals surface area contributed by atoms with Gasteiger partial charge in [0.15, 0.2) is 4.90 Å². The molecule has 1 aliphatic rings. The summed E-state index contributed by atoms with van der Waals surface area (Å²) < 4.78 is 26.9. The highest BCUT2D eigenvalue weighted by atomic mass is 35.5. The van der Waals surface area contributed by atoms with Crippen LogP contribution in [0.15, 0.2) is 71.6 Å². The van der Waals surface area contributed by atoms with Crippen LogP contribution in [0.4, 0.5) is 11.4 Å². The highest BCUT2D eigenvalue weighted by Crippen LogP contribution is 2.27. The smallest absolute Gasteiger partial charge is 0.289 e. The van der Waals surface area contributed by atoms with Crippen molar-refractivity contribution < 1.29 is 22.9 Å². The zero-order chi connectivity index (χ0) is 32.0. The van der Waals surface area contributed by atoms with Crippen LogP contribution in [0, 0.1) is 17.0 Å². The molecule has 1 N–H and O–H groups in total. The van der Waals surface area contributed by atoms with Crippen LogP contribution in [0.2, 0.25) is 5.02 Å². The van der Waals surface area contributed by atoms with Crippen LogP contribution in [-0.2, 0) is 32.7 Å². The fourth-order valence-electron chi connectivity index (χ4n) is 4.97. The Morgan fingerprint density at radius 2 is 1.64 bits per heavy atom. The molecule has 0 atom stereocenters. The number of benzene rings is 3. The van der Waals surface area contributed by atoms with Crippen molar-refractivity contribution in [3.63, 3.8) is 0 Å². The molecule has 0 bridgehead atoms. The molecular weight excluding hydrogens is 608 g/mol. The summed E-state index contributed by atoms with van der Waals surface area (Å²) in [5.74, 6) is -0.565. The number of hydrogen-bond donors (Lipinski definition) is 1. The lowest BCUT2D eigenvalue weighted by Crippen LogP contribution is -2.48. The molecule has 44 heavy (non-hydrogen) atoms. The Morgan fingerprint density at radius 1 is 1.00 bits per heavy atom. The summed E-state index contributed by atoms with van der Waals surface area (Å²) in [4.78, 5) is 38.3. The molecule has 4 rings (SSSR count). The Labute approximate surface area is 262 Å². The van der Waals surface area contributed by atoms with E-state index < -0.39 is 25.5 Å². The number of amides is 2. The quantitative estimate of drug-likeness (QED) is 0.170. The number of sulfonamides is 1. The average Bonchev–Trinajstić information content (AvgIpc) is 3.44. The molecule has 0 aromatic heterocycles. The molecule has 0 spiro atoms. The van der Waals surface area contributed by atoms with Crippen LogP contribution in [0.5, 0.6) is 0 Å². The molecule has 1 heterocycles. The van der Waals surface area contributed by atoms with Crippen molar-refractivity contribution in [1.82, 2.24) is 19.6 Å². The number of para-hydroxylation sites is 1. The molecule has 0 unspecified atom stereocenters. The maximum atomic E-state index is 13.4. The van der Waals surface area contributed by atoms with Gasteiger partial charge in [-0.05, 0) is 48.2 Å². The van der Waals surface area contributed by atoms with Gasteiger partial charge in [-0.25, -0.2) is 17.7 Å². The standard InChI is InChI=1S/C30H35ClN6O6S/c1-22-13-14-25(31)17-27(22)35(21-30(39)34(3)36-18-23-9-4-5-10-24(23)19-36)20-29(38)32-15-8-16-33(2)44(42,43)28-12-7-6-11-26(28)37(40)41/h4-7,9-14,17H,8,15-16,18-21H2,1-3H3,(H,32,38). The third-order valence-corrected chi connectivity index (χ3v) is 9.64. The lowest BCUT2D eigenvalue weighted by atomic mass is 10.1. The number of aryl methyl sites for hydroxylation is 1. The Bertz CT molecular complexity index is 1630. The highest BCUT2D eigenvalue weighted by Gasteiger charge is 2.29. The number of hydrazine groups is 1. The maximum Gasteiger partial charge on any atom is 0.289 e. The van der Waals surface area contributed by atoms with Crippen LogP contribution in [0.1, 0.15) is 23.1 Å². The topological polar surface area (TPSA) is 136 Å². The van der Waals surface area contributed by atoms with E-state index in [1.165, 1.54) is 25.2 Å². The molecule has 0 aliphatic carbocycles. The first kappa shape index (κ1) is 32.9. The van der Waals surface area contributed by atoms with Crippen molar-refractivity contribution in [2.75, 3.05) is 45.2 Å². The van der Waals surface area contributed by atoms with E-state index in [1.807, 2.05) is 42.3 Å². The van der Waals surface area contributed by atoms with Gasteiger partial charge in [-0.1, -0.05) is 54.1 Å². The van der Waals surface area contributed by atoms with Gasteiger partial charge >= 0.3 is 0 Å². The minimum atomic E-state index is -4.11. The molecule has 2 amide bonds. The van der Waals surface area contributed by atoms with Crippen molar-refractivity contribution in [3.8, 4) is 0 Å². The van der Waals surface area contributed by atoms with E-state index in [9.17, 15) is 28.1 Å². The normalized spacial score (nSPS) is 13.0. The summed E-state index contributed by atoms with van der Waals surface area (Å²) in [6.07, 6.45) is 0.259. The number of halogens is 1. The first-order valence-electron chi connectivity index (χ1n) is 13.9. The van der Waals surface area contributed by atoms with E-state index in [2.05, 4.69) is 5.32 Å². The Kier molecular flexibility index (Phi) is 10.6. The lowest BCUT2D eigenvalue weighted by molar-refractivity contribution is -0.387. The molecule has 0 saturated carbocycles. The third kappa shape index (κ3) is 7.72. The number of likely N-dealkylation sites (N-methyl/N-ethyl adjacent to an activating group) is 1. The lowest BCUT2D eigenvalue weighted by Gasteiger charge is -2.32. The number of carbonyl (C=O) groups excluding carboxylic acids is 2. The number of anilines is 1. The van der Waals surface area contributed by atoms with Gasteiger partial charge in [0.05, 0.1) is 18.0 Å². The van der Waals surface area contributed by atoms with Crippen molar-refractivity contribution in [1.29, 1.82) is 0 Å². The van der Waals surface area contributed by atoms with Gasteiger partial charge in [0.25, 0.3) is 11.6 Å². The SMILES string of the molecule is Cc1ccc(Cl)cc1N(CC(=O)NCCCN(C)S(=O)(=O)c1ccccc1[N+](=O)[O-])CC(=O)N(C)N1Cc2ccccc2C1. The van der Waals surface area contributed by atoms with Gasteiger partial charge in [0, 0.05) is 57.1 Å². The van der Waals surface area contributed by atoms with Gasteiger partial charge < -0.3 is 10.2 Å². The number of hydrogen-bond acceptors (Lipinski definition) is 8. The van der Waals surface area contributed by atoms with Crippen LogP contribution < -0.4 is 10.2 Å². The number of carbonyl (C=O) groups is 2. The zero-order valence-electron chi connectivity index (χ0n) is 24.8. The first-order valence-corrected chi connectivity index (χ1v) is 15.8. The highest BCUT2D eigenvalue weighted by molar-refractivity contribution is 7.89. The van der Waals surface area contributed by atoms with Gasteiger partial charge in [-0.2, -0.15) is 0 Å². The van der Waals surface area contributed by atoms with Crippen molar-refractivity contribution >= 4 is 44.8 Å². The van der Waals surface area contributed by atoms with Crippen LogP contribution in [0.25, 0.3) is 0 Å². The van der Waals surface area contributed by atoms with Crippen molar-refractivity contribution in [2.24, 2.45) is 0 Å². The first-order chi connectivity index (χ1) is 20.9. The number of nitrogens with one attached hydrogen (secondary N) is 1. The molecule has 234 valence electrons. The molecule has 0 fully saturated rings. The average molecular weight is 643 g/mol. The van der Waals surface area contributed by atoms with E-state index in [0.29, 0.717) is 23.8 Å². The van der Waals surface area contributed by atoms with Crippen LogP contribution in [-0.4, -0.2) is 79.8 Å². The summed E-state index contributed by atoms with van der Waals surface area (Å²) in [5, 5.41) is 18.1. The largest absolute Gasteiger partial charge is 0.355 e. The van der Waals surface area contributed by atoms with Gasteiger partial charge in [-0.15, -0.1) is 0 Å². The second kappa shape index (κ2) is 14.2. The minimum absolute atomic E-state index is 0.0211. The summed E-state index contributed by atoms with van der Waals surface area (Å²) in [5.41, 5.74) is 3.31. The predicted molar refractivity (Wildman–Crippen MR) is 167 cm³/mol. The van der Waals surface area contributed by atoms with E-state index >= 15 is 0 Å². The molecule has 0 saturated heterocycles. The van der Waals surface area contributed by atoms with Crippen molar-refractivity contribution in [3.05, 3.63) is 98.6 Å². The predicted octanol–water partition coefficient (Wildman–Crippen LogP) is 3.58. The fraction of sp³-hybridized carbons (Fsp3) is 0.333. The number of fused-ring (bicyclic) bond motifs is 1. The van der Waals surface area contributed by atoms with Crippen LogP contribution >= 0.6 is 11.6 Å². The monoisotopic (exact) mass is 642 g/mol. The molecule has 0 radical (unpaired) electrons. The maximum absolute atomic E-state index is 13.4. The Hall–Kier alpha value is -4.04. The second-order valence-electron chi connectivity index (χ2n) is 10.6. The summed E-state index contributed by atoms with van der Waals surface area (Å²) in [6, 6.07) is 18.5. The van der Waals surface area contributed by atoms with Crippen molar-refractivity contribution in [2.45, 2.75) is 31.3 Å². The van der Waals surface area contributed by atoms with E-state index in [0.717, 1.165) is 27.1 Å². The van der Waals surface area contributed by atoms with E-state index in [1.54, 1.807) is 29.1 Å². The number of rotatable bonds is 13.